The first-order valence-electron chi connectivity index (χ1n) is 4.05. The standard InChI is InChI=1S/C7H16Cl2SSi/c1-11(8,9)7-5-3-2-4-6-10/h10H,2-7H2,1H3. The Labute approximate surface area is 85.5 Å². The van der Waals surface area contributed by atoms with Gasteiger partial charge in [-0.25, -0.2) is 0 Å². The third-order valence-corrected chi connectivity index (χ3v) is 4.21. The summed E-state index contributed by atoms with van der Waals surface area (Å²) in [6, 6.07) is 1.03. The number of hydrogen-bond donors (Lipinski definition) is 1. The number of halogens is 2. The number of rotatable bonds is 6. The molecule has 0 aliphatic heterocycles. The van der Waals surface area contributed by atoms with Crippen molar-refractivity contribution in [1.82, 2.24) is 0 Å². The van der Waals surface area contributed by atoms with Crippen LogP contribution in [0, 0.1) is 0 Å². The third-order valence-electron chi connectivity index (χ3n) is 1.52. The van der Waals surface area contributed by atoms with Crippen molar-refractivity contribution in [2.24, 2.45) is 0 Å². The SMILES string of the molecule is C[Si](Cl)(Cl)CCCCCCS. The van der Waals surface area contributed by atoms with Crippen molar-refractivity contribution < 1.29 is 0 Å². The van der Waals surface area contributed by atoms with Crippen molar-refractivity contribution >= 4 is 41.5 Å². The van der Waals surface area contributed by atoms with Gasteiger partial charge >= 0.3 is 0 Å². The summed E-state index contributed by atoms with van der Waals surface area (Å²) in [5, 5.41) is 0. The number of hydrogen-bond acceptors (Lipinski definition) is 1. The summed E-state index contributed by atoms with van der Waals surface area (Å²) < 4.78 is 0. The Balaban J connectivity index is 3.02. The lowest BCUT2D eigenvalue weighted by molar-refractivity contribution is 0.704. The molecule has 0 amide bonds. The van der Waals surface area contributed by atoms with Crippen LogP contribution >= 0.6 is 34.8 Å². The Morgan fingerprint density at radius 1 is 1.09 bits per heavy atom. The predicted octanol–water partition coefficient (Wildman–Crippen LogP) is 4.03. The first-order valence-corrected chi connectivity index (χ1v) is 9.41. The van der Waals surface area contributed by atoms with Gasteiger partial charge in [0, 0.05) is 0 Å². The fraction of sp³-hybridized carbons (Fsp3) is 1.00. The lowest BCUT2D eigenvalue weighted by atomic mass is 10.2. The van der Waals surface area contributed by atoms with E-state index in [1.807, 2.05) is 6.55 Å². The molecule has 0 heterocycles. The molecule has 0 nitrogen and oxygen atoms in total. The van der Waals surface area contributed by atoms with Crippen molar-refractivity contribution in [3.8, 4) is 0 Å². The van der Waals surface area contributed by atoms with E-state index in [2.05, 4.69) is 12.6 Å². The topological polar surface area (TPSA) is 0 Å². The summed E-state index contributed by atoms with van der Waals surface area (Å²) in [4.78, 5) is 0. The number of thiol groups is 1. The van der Waals surface area contributed by atoms with Crippen LogP contribution in [-0.4, -0.2) is 12.4 Å². The molecule has 0 unspecified atom stereocenters. The summed E-state index contributed by atoms with van der Waals surface area (Å²) in [6.07, 6.45) is 4.92. The van der Waals surface area contributed by atoms with Crippen molar-refractivity contribution in [2.45, 2.75) is 38.3 Å². The first-order chi connectivity index (χ1) is 5.06. The van der Waals surface area contributed by atoms with Gasteiger partial charge < -0.3 is 0 Å². The summed E-state index contributed by atoms with van der Waals surface area (Å²) >= 11 is 16.0. The fourth-order valence-electron chi connectivity index (χ4n) is 0.901. The minimum atomic E-state index is -1.79. The van der Waals surface area contributed by atoms with E-state index in [-0.39, 0.29) is 0 Å². The molecular formula is C7H16Cl2SSi. The van der Waals surface area contributed by atoms with E-state index in [0.717, 1.165) is 11.8 Å². The van der Waals surface area contributed by atoms with Crippen LogP contribution in [0.4, 0.5) is 0 Å². The van der Waals surface area contributed by atoms with Crippen molar-refractivity contribution in [2.75, 3.05) is 5.75 Å². The van der Waals surface area contributed by atoms with Gasteiger partial charge in [-0.05, 0) is 24.8 Å². The predicted molar refractivity (Wildman–Crippen MR) is 60.5 cm³/mol. The highest BCUT2D eigenvalue weighted by atomic mass is 35.7. The smallest absolute Gasteiger partial charge is 0.179 e. The summed E-state index contributed by atoms with van der Waals surface area (Å²) in [5.74, 6) is 0.996. The Kier molecular flexibility index (Phi) is 7.33. The molecular weight excluding hydrogens is 215 g/mol. The molecule has 11 heavy (non-hydrogen) atoms. The molecule has 4 heteroatoms. The van der Waals surface area contributed by atoms with Crippen molar-refractivity contribution in [3.63, 3.8) is 0 Å². The fourth-order valence-corrected chi connectivity index (χ4v) is 2.80. The quantitative estimate of drug-likeness (QED) is 0.303. The molecule has 68 valence electrons. The zero-order valence-electron chi connectivity index (χ0n) is 6.95. The summed E-state index contributed by atoms with van der Waals surface area (Å²) in [5.41, 5.74) is 0. The van der Waals surface area contributed by atoms with Gasteiger partial charge in [0.25, 0.3) is 0 Å². The monoisotopic (exact) mass is 230 g/mol. The van der Waals surface area contributed by atoms with Crippen molar-refractivity contribution in [3.05, 3.63) is 0 Å². The van der Waals surface area contributed by atoms with E-state index in [0.29, 0.717) is 0 Å². The molecule has 0 fully saturated rings. The molecule has 0 spiro atoms. The molecule has 0 atom stereocenters. The second-order valence-electron chi connectivity index (χ2n) is 2.96. The second-order valence-corrected chi connectivity index (χ2v) is 11.6. The molecule has 0 aromatic rings. The maximum absolute atomic E-state index is 5.94. The van der Waals surface area contributed by atoms with Crippen molar-refractivity contribution in [1.29, 1.82) is 0 Å². The van der Waals surface area contributed by atoms with Gasteiger partial charge in [-0.1, -0.05) is 19.3 Å². The first kappa shape index (κ1) is 12.1. The molecule has 0 saturated heterocycles. The minimum absolute atomic E-state index is 0.996. The molecule has 0 bridgehead atoms. The van der Waals surface area contributed by atoms with Crippen LogP contribution in [0.25, 0.3) is 0 Å². The van der Waals surface area contributed by atoms with E-state index < -0.39 is 6.69 Å². The van der Waals surface area contributed by atoms with Gasteiger partial charge in [-0.15, -0.1) is 22.2 Å². The van der Waals surface area contributed by atoms with Gasteiger partial charge in [0.1, 0.15) is 0 Å². The highest BCUT2D eigenvalue weighted by Crippen LogP contribution is 2.22. The van der Waals surface area contributed by atoms with Crippen LogP contribution in [0.1, 0.15) is 25.7 Å². The average molecular weight is 231 g/mol. The molecule has 0 rings (SSSR count). The average Bonchev–Trinajstić information content (AvgIpc) is 1.85. The summed E-state index contributed by atoms with van der Waals surface area (Å²) in [7, 11) is 0. The van der Waals surface area contributed by atoms with Gasteiger partial charge in [0.05, 0.1) is 0 Å². The lowest BCUT2D eigenvalue weighted by Crippen LogP contribution is -2.11. The minimum Gasteiger partial charge on any atom is -0.179 e. The van der Waals surface area contributed by atoms with Crippen LogP contribution in [0.2, 0.25) is 12.6 Å². The van der Waals surface area contributed by atoms with Crippen LogP contribution in [-0.2, 0) is 0 Å². The molecule has 0 N–H and O–H groups in total. The maximum Gasteiger partial charge on any atom is 0.248 e. The van der Waals surface area contributed by atoms with Crippen LogP contribution in [0.5, 0.6) is 0 Å². The van der Waals surface area contributed by atoms with E-state index in [1.54, 1.807) is 0 Å². The normalized spacial score (nSPS) is 12.0. The maximum atomic E-state index is 5.94. The van der Waals surface area contributed by atoms with E-state index in [4.69, 9.17) is 22.2 Å². The Morgan fingerprint density at radius 2 is 1.64 bits per heavy atom. The molecule has 0 aromatic heterocycles. The van der Waals surface area contributed by atoms with Gasteiger partial charge in [-0.3, -0.25) is 0 Å². The molecule has 0 aliphatic rings. The van der Waals surface area contributed by atoms with Crippen LogP contribution in [0.3, 0.4) is 0 Å². The van der Waals surface area contributed by atoms with Gasteiger partial charge in [0.2, 0.25) is 6.69 Å². The van der Waals surface area contributed by atoms with E-state index in [9.17, 15) is 0 Å². The third kappa shape index (κ3) is 11.1. The Hall–Kier alpha value is 1.15. The summed E-state index contributed by atoms with van der Waals surface area (Å²) in [6.45, 7) is 0.189. The van der Waals surface area contributed by atoms with E-state index >= 15 is 0 Å². The second kappa shape index (κ2) is 6.64. The Morgan fingerprint density at radius 3 is 2.09 bits per heavy atom. The molecule has 0 saturated carbocycles. The zero-order chi connectivity index (χ0) is 8.74. The van der Waals surface area contributed by atoms with Crippen LogP contribution < -0.4 is 0 Å². The highest BCUT2D eigenvalue weighted by Gasteiger charge is 2.19. The lowest BCUT2D eigenvalue weighted by Gasteiger charge is -2.08. The molecule has 0 aliphatic carbocycles. The largest absolute Gasteiger partial charge is 0.248 e. The van der Waals surface area contributed by atoms with Crippen LogP contribution in [0.15, 0.2) is 0 Å². The number of unbranched alkanes of at least 4 members (excludes halogenated alkanes) is 3. The zero-order valence-corrected chi connectivity index (χ0v) is 10.4. The van der Waals surface area contributed by atoms with E-state index in [1.165, 1.54) is 25.7 Å². The van der Waals surface area contributed by atoms with Gasteiger partial charge in [0.15, 0.2) is 0 Å². The Bertz CT molecular complexity index is 92.9. The molecule has 0 aromatic carbocycles. The highest BCUT2D eigenvalue weighted by molar-refractivity contribution is 7.80. The molecule has 0 radical (unpaired) electrons. The van der Waals surface area contributed by atoms with Gasteiger partial charge in [-0.2, -0.15) is 12.6 Å².